The number of halogens is 1. The van der Waals surface area contributed by atoms with E-state index >= 15 is 0 Å². The number of nitrogens with one attached hydrogen (secondary N) is 1. The van der Waals surface area contributed by atoms with Gasteiger partial charge in [0.15, 0.2) is 0 Å². The molecule has 0 atom stereocenters. The van der Waals surface area contributed by atoms with Crippen molar-refractivity contribution < 1.29 is 9.53 Å². The van der Waals surface area contributed by atoms with Crippen molar-refractivity contribution >= 4 is 34.1 Å². The SMILES string of the molecule is O=C(Nc1cccc(-c2ccc3cc(CN4CCOCC4)ccc3n2)c1)c1cccc(Cl)c1. The fraction of sp³-hybridized carbons (Fsp3) is 0.185. The van der Waals surface area contributed by atoms with Crippen molar-refractivity contribution in [3.05, 3.63) is 95.0 Å². The van der Waals surface area contributed by atoms with E-state index in [0.717, 1.165) is 55.0 Å². The minimum Gasteiger partial charge on any atom is -0.379 e. The lowest BCUT2D eigenvalue weighted by atomic mass is 10.1. The van der Waals surface area contributed by atoms with Crippen LogP contribution in [0.5, 0.6) is 0 Å². The molecular weight excluding hydrogens is 434 g/mol. The van der Waals surface area contributed by atoms with Crippen LogP contribution in [-0.4, -0.2) is 42.1 Å². The molecule has 0 aliphatic carbocycles. The standard InChI is InChI=1S/C27H24ClN3O2/c28-23-5-1-4-22(16-23)27(32)29-24-6-2-3-20(17-24)26-10-8-21-15-19(7-9-25(21)30-26)18-31-11-13-33-14-12-31/h1-10,15-17H,11-14,18H2,(H,29,32). The van der Waals surface area contributed by atoms with Gasteiger partial charge in [-0.25, -0.2) is 4.98 Å². The predicted molar refractivity (Wildman–Crippen MR) is 133 cm³/mol. The van der Waals surface area contributed by atoms with Crippen molar-refractivity contribution in [1.29, 1.82) is 0 Å². The van der Waals surface area contributed by atoms with Crippen molar-refractivity contribution in [3.63, 3.8) is 0 Å². The molecule has 1 N–H and O–H groups in total. The van der Waals surface area contributed by atoms with Crippen LogP contribution in [0.1, 0.15) is 15.9 Å². The number of hydrogen-bond acceptors (Lipinski definition) is 4. The summed E-state index contributed by atoms with van der Waals surface area (Å²) in [5.41, 5.74) is 5.27. The maximum Gasteiger partial charge on any atom is 0.255 e. The normalized spacial score (nSPS) is 14.3. The van der Waals surface area contributed by atoms with E-state index in [1.165, 1.54) is 5.56 Å². The van der Waals surface area contributed by atoms with Crippen LogP contribution in [0, 0.1) is 0 Å². The zero-order valence-electron chi connectivity index (χ0n) is 18.1. The first-order valence-electron chi connectivity index (χ1n) is 11.0. The molecule has 0 saturated carbocycles. The quantitative estimate of drug-likeness (QED) is 0.421. The summed E-state index contributed by atoms with van der Waals surface area (Å²) in [6.45, 7) is 4.47. The lowest BCUT2D eigenvalue weighted by Crippen LogP contribution is -2.35. The minimum absolute atomic E-state index is 0.200. The number of benzene rings is 3. The van der Waals surface area contributed by atoms with Gasteiger partial charge < -0.3 is 10.1 Å². The minimum atomic E-state index is -0.200. The third-order valence-electron chi connectivity index (χ3n) is 5.77. The lowest BCUT2D eigenvalue weighted by Gasteiger charge is -2.26. The number of morpholine rings is 1. The fourth-order valence-corrected chi connectivity index (χ4v) is 4.23. The van der Waals surface area contributed by atoms with Gasteiger partial charge in [0, 0.05) is 46.9 Å². The Morgan fingerprint density at radius 1 is 0.970 bits per heavy atom. The van der Waals surface area contributed by atoms with Gasteiger partial charge in [-0.1, -0.05) is 41.9 Å². The molecule has 5 nitrogen and oxygen atoms in total. The molecule has 166 valence electrons. The van der Waals surface area contributed by atoms with Gasteiger partial charge >= 0.3 is 0 Å². The first-order chi connectivity index (χ1) is 16.1. The summed E-state index contributed by atoms with van der Waals surface area (Å²) in [5.74, 6) is -0.200. The average molecular weight is 458 g/mol. The molecule has 1 aromatic heterocycles. The molecule has 1 aliphatic heterocycles. The number of anilines is 1. The van der Waals surface area contributed by atoms with E-state index < -0.39 is 0 Å². The number of ether oxygens (including phenoxy) is 1. The lowest BCUT2D eigenvalue weighted by molar-refractivity contribution is 0.0342. The van der Waals surface area contributed by atoms with Crippen molar-refractivity contribution in [3.8, 4) is 11.3 Å². The van der Waals surface area contributed by atoms with Gasteiger partial charge in [-0.05, 0) is 54.1 Å². The summed E-state index contributed by atoms with van der Waals surface area (Å²) in [5, 5.41) is 4.59. The Kier molecular flexibility index (Phi) is 6.35. The van der Waals surface area contributed by atoms with Crippen LogP contribution < -0.4 is 5.32 Å². The van der Waals surface area contributed by atoms with E-state index in [4.69, 9.17) is 21.3 Å². The summed E-state index contributed by atoms with van der Waals surface area (Å²) >= 11 is 6.01. The van der Waals surface area contributed by atoms with Crippen molar-refractivity contribution in [2.24, 2.45) is 0 Å². The average Bonchev–Trinajstić information content (AvgIpc) is 2.84. The highest BCUT2D eigenvalue weighted by atomic mass is 35.5. The third-order valence-corrected chi connectivity index (χ3v) is 6.00. The number of amides is 1. The Balaban J connectivity index is 1.34. The molecule has 0 bridgehead atoms. The van der Waals surface area contributed by atoms with Crippen molar-refractivity contribution in [1.82, 2.24) is 9.88 Å². The Morgan fingerprint density at radius 3 is 2.67 bits per heavy atom. The summed E-state index contributed by atoms with van der Waals surface area (Å²) < 4.78 is 5.44. The van der Waals surface area contributed by atoms with Gasteiger partial charge in [0.25, 0.3) is 5.91 Å². The summed E-state index contributed by atoms with van der Waals surface area (Å²) in [7, 11) is 0. The number of nitrogens with zero attached hydrogens (tertiary/aromatic N) is 2. The number of aromatic nitrogens is 1. The zero-order chi connectivity index (χ0) is 22.6. The fourth-order valence-electron chi connectivity index (χ4n) is 4.04. The molecule has 1 amide bonds. The van der Waals surface area contributed by atoms with Crippen molar-refractivity contribution in [2.45, 2.75) is 6.54 Å². The van der Waals surface area contributed by atoms with Crippen LogP contribution >= 0.6 is 11.6 Å². The summed E-state index contributed by atoms with van der Waals surface area (Å²) in [4.78, 5) is 19.8. The van der Waals surface area contributed by atoms with Crippen LogP contribution in [0.3, 0.4) is 0 Å². The molecule has 5 rings (SSSR count). The first-order valence-corrected chi connectivity index (χ1v) is 11.4. The summed E-state index contributed by atoms with van der Waals surface area (Å²) in [6, 6.07) is 25.2. The van der Waals surface area contributed by atoms with Crippen molar-refractivity contribution in [2.75, 3.05) is 31.6 Å². The Bertz CT molecular complexity index is 1300. The maximum atomic E-state index is 12.6. The van der Waals surface area contributed by atoms with Gasteiger partial charge in [0.05, 0.1) is 24.4 Å². The molecule has 1 fully saturated rings. The van der Waals surface area contributed by atoms with E-state index in [1.54, 1.807) is 24.3 Å². The van der Waals surface area contributed by atoms with Gasteiger partial charge in [0.1, 0.15) is 0 Å². The topological polar surface area (TPSA) is 54.5 Å². The molecule has 2 heterocycles. The van der Waals surface area contributed by atoms with E-state index in [1.807, 2.05) is 30.3 Å². The highest BCUT2D eigenvalue weighted by Gasteiger charge is 2.12. The van der Waals surface area contributed by atoms with Crippen LogP contribution in [0.15, 0.2) is 78.9 Å². The highest BCUT2D eigenvalue weighted by molar-refractivity contribution is 6.31. The smallest absolute Gasteiger partial charge is 0.255 e. The number of rotatable bonds is 5. The number of carbonyl (C=O) groups is 1. The maximum absolute atomic E-state index is 12.6. The molecular formula is C27H24ClN3O2. The monoisotopic (exact) mass is 457 g/mol. The molecule has 0 unspecified atom stereocenters. The number of carbonyl (C=O) groups excluding carboxylic acids is 1. The first kappa shape index (κ1) is 21.6. The van der Waals surface area contributed by atoms with Crippen LogP contribution in [0.2, 0.25) is 5.02 Å². The zero-order valence-corrected chi connectivity index (χ0v) is 18.9. The van der Waals surface area contributed by atoms with Gasteiger partial charge in [-0.2, -0.15) is 0 Å². The molecule has 3 aromatic carbocycles. The third kappa shape index (κ3) is 5.22. The number of pyridine rings is 1. The second-order valence-electron chi connectivity index (χ2n) is 8.16. The molecule has 1 saturated heterocycles. The molecule has 4 aromatic rings. The predicted octanol–water partition coefficient (Wildman–Crippen LogP) is 5.64. The van der Waals surface area contributed by atoms with E-state index in [9.17, 15) is 4.79 Å². The molecule has 0 radical (unpaired) electrons. The van der Waals surface area contributed by atoms with Gasteiger partial charge in [0.2, 0.25) is 0 Å². The van der Waals surface area contributed by atoms with E-state index in [-0.39, 0.29) is 5.91 Å². The van der Waals surface area contributed by atoms with E-state index in [2.05, 4.69) is 34.5 Å². The largest absolute Gasteiger partial charge is 0.379 e. The second-order valence-corrected chi connectivity index (χ2v) is 8.59. The van der Waals surface area contributed by atoms with Crippen LogP contribution in [-0.2, 0) is 11.3 Å². The molecule has 6 heteroatoms. The van der Waals surface area contributed by atoms with Gasteiger partial charge in [-0.3, -0.25) is 9.69 Å². The van der Waals surface area contributed by atoms with Gasteiger partial charge in [-0.15, -0.1) is 0 Å². The molecule has 1 aliphatic rings. The summed E-state index contributed by atoms with van der Waals surface area (Å²) in [6.07, 6.45) is 0. The molecule has 33 heavy (non-hydrogen) atoms. The Morgan fingerprint density at radius 2 is 1.82 bits per heavy atom. The Labute approximate surface area is 198 Å². The second kappa shape index (κ2) is 9.71. The number of fused-ring (bicyclic) bond motifs is 1. The van der Waals surface area contributed by atoms with Crippen LogP contribution in [0.4, 0.5) is 5.69 Å². The molecule has 0 spiro atoms. The van der Waals surface area contributed by atoms with Crippen LogP contribution in [0.25, 0.3) is 22.2 Å². The van der Waals surface area contributed by atoms with E-state index in [0.29, 0.717) is 16.3 Å². The number of hydrogen-bond donors (Lipinski definition) is 1. The highest BCUT2D eigenvalue weighted by Crippen LogP contribution is 2.25. The Hall–Kier alpha value is -3.25.